The van der Waals surface area contributed by atoms with Gasteiger partial charge in [-0.05, 0) is 56.7 Å². The molecule has 0 aliphatic carbocycles. The molecular weight excluding hydrogens is 284 g/mol. The number of carbonyl (C=O) groups excluding carboxylic acids is 1. The predicted octanol–water partition coefficient (Wildman–Crippen LogP) is 3.02. The van der Waals surface area contributed by atoms with E-state index < -0.39 is 0 Å². The molecule has 0 aromatic heterocycles. The number of hydrogen-bond donors (Lipinski definition) is 1. The molecule has 0 radical (unpaired) electrons. The van der Waals surface area contributed by atoms with Crippen LogP contribution in [0.4, 0.5) is 0 Å². The normalized spacial score (nSPS) is 22.9. The fourth-order valence-electron chi connectivity index (χ4n) is 3.60. The molecule has 1 N–H and O–H groups in total. The van der Waals surface area contributed by atoms with Gasteiger partial charge in [0.2, 0.25) is 0 Å². The summed E-state index contributed by atoms with van der Waals surface area (Å²) in [5, 5.41) is 3.61. The summed E-state index contributed by atoms with van der Waals surface area (Å²) >= 11 is 0. The summed E-state index contributed by atoms with van der Waals surface area (Å²) < 4.78 is 0. The third kappa shape index (κ3) is 3.58. The highest BCUT2D eigenvalue weighted by Gasteiger charge is 2.30. The Labute approximate surface area is 133 Å². The van der Waals surface area contributed by atoms with E-state index in [-0.39, 0.29) is 18.3 Å². The molecule has 116 valence electrons. The van der Waals surface area contributed by atoms with Crippen LogP contribution in [-0.2, 0) is 0 Å². The summed E-state index contributed by atoms with van der Waals surface area (Å²) in [5.74, 6) is 0.972. The summed E-state index contributed by atoms with van der Waals surface area (Å²) in [6, 6.07) is 8.61. The topological polar surface area (TPSA) is 32.3 Å². The summed E-state index contributed by atoms with van der Waals surface area (Å²) in [4.78, 5) is 14.6. The van der Waals surface area contributed by atoms with E-state index in [0.717, 1.165) is 43.0 Å². The maximum Gasteiger partial charge on any atom is 0.254 e. The standard InChI is InChI=1S/C17H24N2O.ClH/c1-13-5-2-3-6-15(13)17(20)19-11-8-14(9-12-19)16-7-4-10-18-16;/h2-3,5-6,14,16,18H,4,7-12H2,1H3;1H. The Morgan fingerprint density at radius 1 is 1.19 bits per heavy atom. The Morgan fingerprint density at radius 2 is 1.90 bits per heavy atom. The zero-order valence-corrected chi connectivity index (χ0v) is 13.5. The average molecular weight is 309 g/mol. The van der Waals surface area contributed by atoms with Crippen LogP contribution in [0.3, 0.4) is 0 Å². The lowest BCUT2D eigenvalue weighted by molar-refractivity contribution is 0.0673. The van der Waals surface area contributed by atoms with Crippen LogP contribution in [0.5, 0.6) is 0 Å². The van der Waals surface area contributed by atoms with Gasteiger partial charge >= 0.3 is 0 Å². The summed E-state index contributed by atoms with van der Waals surface area (Å²) in [7, 11) is 0. The smallest absolute Gasteiger partial charge is 0.254 e. The quantitative estimate of drug-likeness (QED) is 0.911. The number of carbonyl (C=O) groups is 1. The van der Waals surface area contributed by atoms with Crippen LogP contribution in [0.25, 0.3) is 0 Å². The molecule has 3 rings (SSSR count). The van der Waals surface area contributed by atoms with Gasteiger partial charge < -0.3 is 10.2 Å². The van der Waals surface area contributed by atoms with Gasteiger partial charge in [0, 0.05) is 24.7 Å². The van der Waals surface area contributed by atoms with Crippen molar-refractivity contribution >= 4 is 18.3 Å². The molecule has 1 aromatic carbocycles. The molecule has 2 fully saturated rings. The van der Waals surface area contributed by atoms with E-state index >= 15 is 0 Å². The van der Waals surface area contributed by atoms with Gasteiger partial charge in [-0.2, -0.15) is 0 Å². The number of rotatable bonds is 2. The number of hydrogen-bond acceptors (Lipinski definition) is 2. The van der Waals surface area contributed by atoms with Crippen molar-refractivity contribution in [1.82, 2.24) is 10.2 Å². The molecule has 1 unspecified atom stereocenters. The molecule has 3 nitrogen and oxygen atoms in total. The lowest BCUT2D eigenvalue weighted by Crippen LogP contribution is -2.43. The van der Waals surface area contributed by atoms with E-state index in [1.54, 1.807) is 0 Å². The largest absolute Gasteiger partial charge is 0.339 e. The minimum atomic E-state index is 0. The summed E-state index contributed by atoms with van der Waals surface area (Å²) in [6.07, 6.45) is 4.92. The molecule has 2 saturated heterocycles. The van der Waals surface area contributed by atoms with E-state index in [0.29, 0.717) is 6.04 Å². The molecule has 2 aliphatic rings. The number of aryl methyl sites for hydroxylation is 1. The monoisotopic (exact) mass is 308 g/mol. The van der Waals surface area contributed by atoms with Crippen molar-refractivity contribution < 1.29 is 4.79 Å². The van der Waals surface area contributed by atoms with Crippen LogP contribution < -0.4 is 5.32 Å². The Hall–Kier alpha value is -1.06. The number of nitrogens with one attached hydrogen (secondary N) is 1. The predicted molar refractivity (Wildman–Crippen MR) is 88.1 cm³/mol. The molecule has 21 heavy (non-hydrogen) atoms. The highest BCUT2D eigenvalue weighted by Crippen LogP contribution is 2.26. The fraction of sp³-hybridized carbons (Fsp3) is 0.588. The first kappa shape index (κ1) is 16.3. The average Bonchev–Trinajstić information content (AvgIpc) is 3.01. The fourth-order valence-corrected chi connectivity index (χ4v) is 3.60. The number of amides is 1. The van der Waals surface area contributed by atoms with Gasteiger partial charge in [-0.1, -0.05) is 18.2 Å². The van der Waals surface area contributed by atoms with Crippen LogP contribution in [0.2, 0.25) is 0 Å². The third-order valence-electron chi connectivity index (χ3n) is 4.87. The number of likely N-dealkylation sites (tertiary alicyclic amines) is 1. The number of benzene rings is 1. The molecule has 0 spiro atoms. The first-order valence-electron chi connectivity index (χ1n) is 7.84. The van der Waals surface area contributed by atoms with E-state index in [2.05, 4.69) is 5.32 Å². The second-order valence-corrected chi connectivity index (χ2v) is 6.15. The highest BCUT2D eigenvalue weighted by atomic mass is 35.5. The van der Waals surface area contributed by atoms with Gasteiger partial charge in [0.25, 0.3) is 5.91 Å². The van der Waals surface area contributed by atoms with Crippen molar-refractivity contribution in [1.29, 1.82) is 0 Å². The van der Waals surface area contributed by atoms with Gasteiger partial charge in [0.15, 0.2) is 0 Å². The van der Waals surface area contributed by atoms with Crippen LogP contribution in [0, 0.1) is 12.8 Å². The van der Waals surface area contributed by atoms with Gasteiger partial charge in [0.05, 0.1) is 0 Å². The Balaban J connectivity index is 0.00000161. The van der Waals surface area contributed by atoms with Crippen LogP contribution in [0.1, 0.15) is 41.6 Å². The molecule has 4 heteroatoms. The molecule has 0 saturated carbocycles. The molecule has 1 atom stereocenters. The second-order valence-electron chi connectivity index (χ2n) is 6.15. The minimum absolute atomic E-state index is 0. The number of nitrogens with zero attached hydrogens (tertiary/aromatic N) is 1. The van der Waals surface area contributed by atoms with E-state index in [1.807, 2.05) is 36.1 Å². The van der Waals surface area contributed by atoms with Gasteiger partial charge in [-0.25, -0.2) is 0 Å². The Bertz CT molecular complexity index is 477. The van der Waals surface area contributed by atoms with Crippen LogP contribution >= 0.6 is 12.4 Å². The maximum absolute atomic E-state index is 12.6. The van der Waals surface area contributed by atoms with Crippen molar-refractivity contribution in [2.24, 2.45) is 5.92 Å². The first-order valence-corrected chi connectivity index (χ1v) is 7.84. The van der Waals surface area contributed by atoms with Crippen molar-refractivity contribution in [3.63, 3.8) is 0 Å². The maximum atomic E-state index is 12.6. The Morgan fingerprint density at radius 3 is 2.52 bits per heavy atom. The SMILES string of the molecule is Cc1ccccc1C(=O)N1CCC(C2CCCN2)CC1.Cl. The zero-order chi connectivity index (χ0) is 13.9. The molecule has 1 aromatic rings. The molecule has 2 aliphatic heterocycles. The minimum Gasteiger partial charge on any atom is -0.339 e. The van der Waals surface area contributed by atoms with Crippen molar-refractivity contribution in [3.05, 3.63) is 35.4 Å². The summed E-state index contributed by atoms with van der Waals surface area (Å²) in [5.41, 5.74) is 1.95. The van der Waals surface area contributed by atoms with Gasteiger partial charge in [-0.15, -0.1) is 12.4 Å². The lowest BCUT2D eigenvalue weighted by Gasteiger charge is -2.35. The van der Waals surface area contributed by atoms with E-state index in [4.69, 9.17) is 0 Å². The van der Waals surface area contributed by atoms with Crippen LogP contribution in [0.15, 0.2) is 24.3 Å². The van der Waals surface area contributed by atoms with Crippen LogP contribution in [-0.4, -0.2) is 36.5 Å². The summed E-state index contributed by atoms with van der Waals surface area (Å²) in [6.45, 7) is 5.02. The number of halogens is 1. The van der Waals surface area contributed by atoms with Crippen molar-refractivity contribution in [3.8, 4) is 0 Å². The highest BCUT2D eigenvalue weighted by molar-refractivity contribution is 5.95. The third-order valence-corrected chi connectivity index (χ3v) is 4.87. The second kappa shape index (κ2) is 7.28. The molecule has 2 heterocycles. The first-order chi connectivity index (χ1) is 9.75. The Kier molecular flexibility index (Phi) is 5.65. The van der Waals surface area contributed by atoms with Crippen molar-refractivity contribution in [2.75, 3.05) is 19.6 Å². The molecule has 1 amide bonds. The van der Waals surface area contributed by atoms with Crippen molar-refractivity contribution in [2.45, 2.75) is 38.6 Å². The molecule has 0 bridgehead atoms. The van der Waals surface area contributed by atoms with Gasteiger partial charge in [-0.3, -0.25) is 4.79 Å². The number of piperidine rings is 1. The van der Waals surface area contributed by atoms with Gasteiger partial charge in [0.1, 0.15) is 0 Å². The van der Waals surface area contributed by atoms with E-state index in [9.17, 15) is 4.79 Å². The zero-order valence-electron chi connectivity index (χ0n) is 12.7. The lowest BCUT2D eigenvalue weighted by atomic mass is 9.88. The van der Waals surface area contributed by atoms with E-state index in [1.165, 1.54) is 19.4 Å². The molecular formula is C17H25ClN2O.